The number of nitrogens with one attached hydrogen (secondary N) is 1. The first-order chi connectivity index (χ1) is 10.3. The Labute approximate surface area is 134 Å². The Morgan fingerprint density at radius 2 is 1.95 bits per heavy atom. The Bertz CT molecular complexity index is 639. The topological polar surface area (TPSA) is 21.3 Å². The second kappa shape index (κ2) is 6.63. The quantitative estimate of drug-likeness (QED) is 0.836. The average molecular weight is 346 g/mol. The van der Waals surface area contributed by atoms with Gasteiger partial charge in [-0.2, -0.15) is 0 Å². The summed E-state index contributed by atoms with van der Waals surface area (Å²) in [5.74, 6) is 1.87. The van der Waals surface area contributed by atoms with Gasteiger partial charge >= 0.3 is 0 Å². The molecule has 0 amide bonds. The molecule has 3 heteroatoms. The number of hydrogen-bond donors (Lipinski definition) is 1. The highest BCUT2D eigenvalue weighted by molar-refractivity contribution is 9.10. The minimum Gasteiger partial charge on any atom is -0.457 e. The zero-order valence-corrected chi connectivity index (χ0v) is 13.9. The van der Waals surface area contributed by atoms with E-state index in [1.54, 1.807) is 0 Å². The Hall–Kier alpha value is -1.32. The first-order valence-electron chi connectivity index (χ1n) is 7.55. The predicted molar refractivity (Wildman–Crippen MR) is 90.1 cm³/mol. The second-order valence-electron chi connectivity index (χ2n) is 5.42. The van der Waals surface area contributed by atoms with Crippen molar-refractivity contribution in [2.24, 2.45) is 0 Å². The third kappa shape index (κ3) is 3.47. The molecule has 21 heavy (non-hydrogen) atoms. The molecule has 0 heterocycles. The molecule has 0 radical (unpaired) electrons. The standard InChI is InChI=1S/C18H20BrNO/c1-2-20-12-15-10-16(19)7-9-18(15)21-17-8-6-13-4-3-5-14(13)11-17/h6-11,20H,2-5,12H2,1H3. The number of halogens is 1. The Morgan fingerprint density at radius 1 is 1.10 bits per heavy atom. The average Bonchev–Trinajstić information content (AvgIpc) is 2.95. The number of rotatable bonds is 5. The summed E-state index contributed by atoms with van der Waals surface area (Å²) in [6, 6.07) is 12.7. The highest BCUT2D eigenvalue weighted by Gasteiger charge is 2.12. The summed E-state index contributed by atoms with van der Waals surface area (Å²) < 4.78 is 7.21. The molecule has 0 saturated carbocycles. The van der Waals surface area contributed by atoms with E-state index in [9.17, 15) is 0 Å². The van der Waals surface area contributed by atoms with Crippen molar-refractivity contribution >= 4 is 15.9 Å². The third-order valence-electron chi connectivity index (χ3n) is 3.89. The highest BCUT2D eigenvalue weighted by atomic mass is 79.9. The van der Waals surface area contributed by atoms with E-state index in [1.165, 1.54) is 36.0 Å². The number of aryl methyl sites for hydroxylation is 2. The minimum atomic E-state index is 0.816. The monoisotopic (exact) mass is 345 g/mol. The van der Waals surface area contributed by atoms with Crippen LogP contribution in [0.2, 0.25) is 0 Å². The fourth-order valence-electron chi connectivity index (χ4n) is 2.78. The van der Waals surface area contributed by atoms with Gasteiger partial charge in [0, 0.05) is 16.6 Å². The van der Waals surface area contributed by atoms with Gasteiger partial charge in [-0.1, -0.05) is 28.9 Å². The predicted octanol–water partition coefficient (Wildman–Crippen LogP) is 4.84. The lowest BCUT2D eigenvalue weighted by Gasteiger charge is -2.13. The number of fused-ring (bicyclic) bond motifs is 1. The van der Waals surface area contributed by atoms with Gasteiger partial charge in [-0.25, -0.2) is 0 Å². The summed E-state index contributed by atoms with van der Waals surface area (Å²) in [5, 5.41) is 3.36. The van der Waals surface area contributed by atoms with E-state index in [-0.39, 0.29) is 0 Å². The molecular weight excluding hydrogens is 326 g/mol. The zero-order chi connectivity index (χ0) is 14.7. The molecule has 0 unspecified atom stereocenters. The van der Waals surface area contributed by atoms with Crippen LogP contribution in [-0.2, 0) is 19.4 Å². The minimum absolute atomic E-state index is 0.816. The molecule has 0 aromatic heterocycles. The maximum Gasteiger partial charge on any atom is 0.131 e. The molecule has 1 N–H and O–H groups in total. The molecule has 110 valence electrons. The van der Waals surface area contributed by atoms with Crippen LogP contribution in [0.5, 0.6) is 11.5 Å². The van der Waals surface area contributed by atoms with Gasteiger partial charge in [-0.3, -0.25) is 0 Å². The van der Waals surface area contributed by atoms with Crippen molar-refractivity contribution in [2.75, 3.05) is 6.54 Å². The van der Waals surface area contributed by atoms with E-state index in [4.69, 9.17) is 4.74 Å². The summed E-state index contributed by atoms with van der Waals surface area (Å²) in [4.78, 5) is 0. The summed E-state index contributed by atoms with van der Waals surface area (Å²) in [6.45, 7) is 3.88. The largest absolute Gasteiger partial charge is 0.457 e. The van der Waals surface area contributed by atoms with Crippen LogP contribution < -0.4 is 10.1 Å². The SMILES string of the molecule is CCNCc1cc(Br)ccc1Oc1ccc2c(c1)CCC2. The molecule has 1 aliphatic rings. The molecule has 2 aromatic rings. The van der Waals surface area contributed by atoms with Gasteiger partial charge in [-0.05, 0) is 67.3 Å². The molecule has 2 nitrogen and oxygen atoms in total. The summed E-state index contributed by atoms with van der Waals surface area (Å²) in [6.07, 6.45) is 3.65. The van der Waals surface area contributed by atoms with Crippen molar-refractivity contribution in [2.45, 2.75) is 32.7 Å². The third-order valence-corrected chi connectivity index (χ3v) is 4.38. The maximum atomic E-state index is 6.13. The Morgan fingerprint density at radius 3 is 2.81 bits per heavy atom. The van der Waals surface area contributed by atoms with Crippen LogP contribution in [0.1, 0.15) is 30.0 Å². The lowest BCUT2D eigenvalue weighted by molar-refractivity contribution is 0.472. The van der Waals surface area contributed by atoms with Crippen LogP contribution in [0.4, 0.5) is 0 Å². The zero-order valence-electron chi connectivity index (χ0n) is 12.3. The lowest BCUT2D eigenvalue weighted by atomic mass is 10.1. The summed E-state index contributed by atoms with van der Waals surface area (Å²) in [7, 11) is 0. The number of ether oxygens (including phenoxy) is 1. The summed E-state index contributed by atoms with van der Waals surface area (Å²) >= 11 is 3.53. The van der Waals surface area contributed by atoms with Crippen molar-refractivity contribution < 1.29 is 4.74 Å². The molecular formula is C18H20BrNO. The molecule has 1 aliphatic carbocycles. The van der Waals surface area contributed by atoms with Crippen LogP contribution in [0.15, 0.2) is 40.9 Å². The van der Waals surface area contributed by atoms with Crippen molar-refractivity contribution in [1.82, 2.24) is 5.32 Å². The normalized spacial score (nSPS) is 13.2. The molecule has 0 atom stereocenters. The Balaban J connectivity index is 1.83. The molecule has 0 bridgehead atoms. The van der Waals surface area contributed by atoms with Gasteiger partial charge in [0.05, 0.1) is 0 Å². The maximum absolute atomic E-state index is 6.13. The molecule has 0 saturated heterocycles. The van der Waals surface area contributed by atoms with Crippen LogP contribution in [0.25, 0.3) is 0 Å². The molecule has 2 aromatic carbocycles. The van der Waals surface area contributed by atoms with Gasteiger partial charge in [0.1, 0.15) is 11.5 Å². The van der Waals surface area contributed by atoms with Crippen LogP contribution in [0, 0.1) is 0 Å². The molecule has 0 aliphatic heterocycles. The van der Waals surface area contributed by atoms with Crippen molar-refractivity contribution in [3.05, 3.63) is 57.6 Å². The van der Waals surface area contributed by atoms with E-state index >= 15 is 0 Å². The fourth-order valence-corrected chi connectivity index (χ4v) is 3.19. The van der Waals surface area contributed by atoms with Crippen LogP contribution in [0.3, 0.4) is 0 Å². The first-order valence-corrected chi connectivity index (χ1v) is 8.34. The van der Waals surface area contributed by atoms with Gasteiger partial charge in [0.2, 0.25) is 0 Å². The van der Waals surface area contributed by atoms with Gasteiger partial charge in [-0.15, -0.1) is 0 Å². The van der Waals surface area contributed by atoms with E-state index in [0.717, 1.165) is 29.1 Å². The van der Waals surface area contributed by atoms with Gasteiger partial charge < -0.3 is 10.1 Å². The van der Waals surface area contributed by atoms with E-state index < -0.39 is 0 Å². The van der Waals surface area contributed by atoms with Crippen molar-refractivity contribution in [3.63, 3.8) is 0 Å². The molecule has 3 rings (SSSR count). The van der Waals surface area contributed by atoms with Gasteiger partial charge in [0.25, 0.3) is 0 Å². The number of benzene rings is 2. The smallest absolute Gasteiger partial charge is 0.131 e. The number of hydrogen-bond acceptors (Lipinski definition) is 2. The first kappa shape index (κ1) is 14.6. The second-order valence-corrected chi connectivity index (χ2v) is 6.33. The van der Waals surface area contributed by atoms with Crippen molar-refractivity contribution in [3.8, 4) is 11.5 Å². The van der Waals surface area contributed by atoms with Crippen molar-refractivity contribution in [1.29, 1.82) is 0 Å². The fraction of sp³-hybridized carbons (Fsp3) is 0.333. The lowest BCUT2D eigenvalue weighted by Crippen LogP contribution is -2.12. The molecule has 0 fully saturated rings. The van der Waals surface area contributed by atoms with Crippen LogP contribution in [-0.4, -0.2) is 6.54 Å². The van der Waals surface area contributed by atoms with Crippen LogP contribution >= 0.6 is 15.9 Å². The van der Waals surface area contributed by atoms with E-state index in [2.05, 4.69) is 52.4 Å². The Kier molecular flexibility index (Phi) is 4.61. The van der Waals surface area contributed by atoms with E-state index in [0.29, 0.717) is 0 Å². The molecule has 0 spiro atoms. The van der Waals surface area contributed by atoms with Gasteiger partial charge in [0.15, 0.2) is 0 Å². The highest BCUT2D eigenvalue weighted by Crippen LogP contribution is 2.31. The summed E-state index contributed by atoms with van der Waals surface area (Å²) in [5.41, 5.74) is 4.09. The van der Waals surface area contributed by atoms with E-state index in [1.807, 2.05) is 12.1 Å².